The normalized spacial score (nSPS) is 14.8. The van der Waals surface area contributed by atoms with Crippen molar-refractivity contribution in [2.24, 2.45) is 0 Å². The first-order chi connectivity index (χ1) is 14.6. The van der Waals surface area contributed by atoms with Crippen molar-refractivity contribution in [2.75, 3.05) is 12.0 Å². The number of nitrogens with zero attached hydrogens (tertiary/aromatic N) is 2. The number of rotatable bonds is 7. The number of benzene rings is 3. The topological polar surface area (TPSA) is 81.9 Å². The molecule has 0 amide bonds. The molecule has 7 nitrogen and oxygen atoms in total. The lowest BCUT2D eigenvalue weighted by Gasteiger charge is -2.25. The van der Waals surface area contributed by atoms with Crippen LogP contribution in [-0.2, 0) is 17.8 Å². The molecule has 3 aromatic rings. The summed E-state index contributed by atoms with van der Waals surface area (Å²) in [5, 5.41) is 11.9. The Morgan fingerprint density at radius 3 is 2.50 bits per heavy atom. The zero-order valence-electron chi connectivity index (χ0n) is 16.4. The van der Waals surface area contributed by atoms with Crippen LogP contribution in [0.15, 0.2) is 66.7 Å². The van der Waals surface area contributed by atoms with E-state index in [1.165, 1.54) is 13.2 Å². The molecule has 0 aliphatic carbocycles. The lowest BCUT2D eigenvalue weighted by molar-refractivity contribution is -0.384. The van der Waals surface area contributed by atoms with Crippen molar-refractivity contribution in [3.8, 4) is 11.5 Å². The number of ether oxygens (including phenoxy) is 2. The summed E-state index contributed by atoms with van der Waals surface area (Å²) in [6.45, 7) is 0.247. The molecule has 0 radical (unpaired) electrons. The maximum absolute atomic E-state index is 11.9. The Morgan fingerprint density at radius 2 is 1.80 bits per heavy atom. The average Bonchev–Trinajstić information content (AvgIpc) is 3.16. The molecule has 0 fully saturated rings. The molecule has 152 valence electrons. The first-order valence-corrected chi connectivity index (χ1v) is 9.48. The number of nitro benzene ring substituents is 1. The quantitative estimate of drug-likeness (QED) is 0.329. The van der Waals surface area contributed by atoms with Crippen molar-refractivity contribution in [3.05, 3.63) is 88.0 Å². The number of carbonyl (C=O) groups is 1. The van der Waals surface area contributed by atoms with Gasteiger partial charge >= 0.3 is 0 Å². The third-order valence-corrected chi connectivity index (χ3v) is 5.12. The van der Waals surface area contributed by atoms with Gasteiger partial charge in [-0.05, 0) is 17.2 Å². The van der Waals surface area contributed by atoms with Gasteiger partial charge in [-0.25, -0.2) is 0 Å². The minimum atomic E-state index is -0.526. The van der Waals surface area contributed by atoms with Crippen LogP contribution in [0.4, 0.5) is 17.1 Å². The number of anilines is 2. The zero-order chi connectivity index (χ0) is 21.1. The monoisotopic (exact) mass is 404 g/mol. The van der Waals surface area contributed by atoms with Crippen LogP contribution < -0.4 is 14.4 Å². The summed E-state index contributed by atoms with van der Waals surface area (Å²) >= 11 is 0. The van der Waals surface area contributed by atoms with E-state index in [1.54, 1.807) is 11.0 Å². The maximum atomic E-state index is 11.9. The first kappa shape index (κ1) is 19.4. The molecular formula is C23H20N2O5. The van der Waals surface area contributed by atoms with Crippen molar-refractivity contribution < 1.29 is 19.2 Å². The van der Waals surface area contributed by atoms with E-state index in [2.05, 4.69) is 0 Å². The van der Waals surface area contributed by atoms with Crippen LogP contribution in [0.1, 0.15) is 11.1 Å². The highest BCUT2D eigenvalue weighted by atomic mass is 16.6. The van der Waals surface area contributed by atoms with Crippen molar-refractivity contribution in [2.45, 2.75) is 19.1 Å². The lowest BCUT2D eigenvalue weighted by Crippen LogP contribution is -2.29. The lowest BCUT2D eigenvalue weighted by atomic mass is 10.1. The molecule has 1 aliphatic rings. The van der Waals surface area contributed by atoms with Crippen molar-refractivity contribution in [1.82, 2.24) is 0 Å². The third kappa shape index (κ3) is 3.57. The molecule has 0 bridgehead atoms. The summed E-state index contributed by atoms with van der Waals surface area (Å²) in [5.74, 6) is 0.632. The Kier molecular flexibility index (Phi) is 5.34. The fraction of sp³-hybridized carbons (Fsp3) is 0.174. The Balaban J connectivity index is 1.77. The van der Waals surface area contributed by atoms with Gasteiger partial charge in [0.2, 0.25) is 0 Å². The van der Waals surface area contributed by atoms with Crippen LogP contribution in [0.2, 0.25) is 0 Å². The maximum Gasteiger partial charge on any atom is 0.296 e. The second-order valence-electron chi connectivity index (χ2n) is 6.93. The highest BCUT2D eigenvalue weighted by Crippen LogP contribution is 2.46. The molecule has 30 heavy (non-hydrogen) atoms. The van der Waals surface area contributed by atoms with Crippen molar-refractivity contribution in [3.63, 3.8) is 0 Å². The van der Waals surface area contributed by atoms with Gasteiger partial charge in [-0.15, -0.1) is 0 Å². The molecule has 7 heteroatoms. The van der Waals surface area contributed by atoms with E-state index in [9.17, 15) is 14.9 Å². The number of para-hydroxylation sites is 1. The fourth-order valence-electron chi connectivity index (χ4n) is 3.72. The van der Waals surface area contributed by atoms with Crippen molar-refractivity contribution >= 4 is 23.3 Å². The minimum absolute atomic E-state index is 0.151. The number of fused-ring (bicyclic) bond motifs is 1. The molecule has 0 saturated heterocycles. The van der Waals surface area contributed by atoms with E-state index in [0.717, 1.165) is 23.1 Å². The summed E-state index contributed by atoms with van der Waals surface area (Å²) < 4.78 is 11.3. The van der Waals surface area contributed by atoms with E-state index in [-0.39, 0.29) is 18.0 Å². The van der Waals surface area contributed by atoms with E-state index in [0.29, 0.717) is 17.9 Å². The Bertz CT molecular complexity index is 1080. The summed E-state index contributed by atoms with van der Waals surface area (Å²) in [7, 11) is 1.48. The van der Waals surface area contributed by atoms with Crippen molar-refractivity contribution in [1.29, 1.82) is 0 Å². The molecule has 0 saturated carbocycles. The first-order valence-electron chi connectivity index (χ1n) is 9.48. The van der Waals surface area contributed by atoms with Gasteiger partial charge in [-0.1, -0.05) is 48.5 Å². The average molecular weight is 404 g/mol. The molecule has 0 N–H and O–H groups in total. The second-order valence-corrected chi connectivity index (χ2v) is 6.93. The third-order valence-electron chi connectivity index (χ3n) is 5.12. The van der Waals surface area contributed by atoms with Crippen LogP contribution in [0.5, 0.6) is 11.5 Å². The standard InChI is InChI=1S/C23H20N2O5/c1-29-22-12-20(24-18(14-26)11-17-9-5-6-10-19(17)24)21(25(27)28)13-23(22)30-15-16-7-3-2-4-8-16/h2-10,12-14,18H,11,15H2,1H3/t18-/m0/s1. The van der Waals surface area contributed by atoms with Gasteiger partial charge in [0.25, 0.3) is 5.69 Å². The molecule has 0 spiro atoms. The minimum Gasteiger partial charge on any atom is -0.493 e. The number of hydrogen-bond acceptors (Lipinski definition) is 6. The van der Waals surface area contributed by atoms with E-state index >= 15 is 0 Å². The van der Waals surface area contributed by atoms with Crippen LogP contribution >= 0.6 is 0 Å². The predicted octanol–water partition coefficient (Wildman–Crippen LogP) is 4.44. The summed E-state index contributed by atoms with van der Waals surface area (Å²) in [5.41, 5.74) is 2.82. The van der Waals surface area contributed by atoms with Gasteiger partial charge in [-0.3, -0.25) is 10.1 Å². The van der Waals surface area contributed by atoms with Gasteiger partial charge in [-0.2, -0.15) is 0 Å². The summed E-state index contributed by atoms with van der Waals surface area (Å²) in [6.07, 6.45) is 1.31. The highest BCUT2D eigenvalue weighted by Gasteiger charge is 2.35. The fourth-order valence-corrected chi connectivity index (χ4v) is 3.72. The molecule has 1 atom stereocenters. The molecule has 0 aromatic heterocycles. The number of methoxy groups -OCH3 is 1. The Hall–Kier alpha value is -3.87. The van der Waals surface area contributed by atoms with Gasteiger partial charge < -0.3 is 19.2 Å². The number of hydrogen-bond donors (Lipinski definition) is 0. The van der Waals surface area contributed by atoms with Gasteiger partial charge in [0, 0.05) is 18.2 Å². The highest BCUT2D eigenvalue weighted by molar-refractivity contribution is 5.85. The Labute approximate surface area is 173 Å². The molecular weight excluding hydrogens is 384 g/mol. The van der Waals surface area contributed by atoms with Gasteiger partial charge in [0.05, 0.1) is 24.1 Å². The number of nitro groups is 1. The molecule has 3 aromatic carbocycles. The molecule has 4 rings (SSSR count). The van der Waals surface area contributed by atoms with E-state index in [4.69, 9.17) is 9.47 Å². The van der Waals surface area contributed by atoms with Crippen LogP contribution in [0.3, 0.4) is 0 Å². The van der Waals surface area contributed by atoms with E-state index in [1.807, 2.05) is 54.6 Å². The van der Waals surface area contributed by atoms with Crippen LogP contribution in [-0.4, -0.2) is 24.4 Å². The SMILES string of the molecule is COc1cc(N2c3ccccc3C[C@H]2C=O)c([N+](=O)[O-])cc1OCc1ccccc1. The van der Waals surface area contributed by atoms with Crippen LogP contribution in [0.25, 0.3) is 0 Å². The van der Waals surface area contributed by atoms with Gasteiger partial charge in [0.15, 0.2) is 11.5 Å². The summed E-state index contributed by atoms with van der Waals surface area (Å²) in [4.78, 5) is 24.9. The number of aldehydes is 1. The van der Waals surface area contributed by atoms with Crippen LogP contribution in [0, 0.1) is 10.1 Å². The second kappa shape index (κ2) is 8.24. The molecule has 0 unspecified atom stereocenters. The molecule has 1 aliphatic heterocycles. The zero-order valence-corrected chi connectivity index (χ0v) is 16.4. The molecule has 1 heterocycles. The smallest absolute Gasteiger partial charge is 0.296 e. The largest absolute Gasteiger partial charge is 0.493 e. The van der Waals surface area contributed by atoms with E-state index < -0.39 is 11.0 Å². The van der Waals surface area contributed by atoms with Gasteiger partial charge in [0.1, 0.15) is 18.6 Å². The number of carbonyl (C=O) groups excluding carboxylic acids is 1. The predicted molar refractivity (Wildman–Crippen MR) is 113 cm³/mol. The summed E-state index contributed by atoms with van der Waals surface area (Å²) in [6, 6.07) is 19.4. The Morgan fingerprint density at radius 1 is 1.07 bits per heavy atom.